The highest BCUT2D eigenvalue weighted by Gasteiger charge is 2.31. The molecule has 1 aliphatic rings. The van der Waals surface area contributed by atoms with Gasteiger partial charge in [-0.15, -0.1) is 0 Å². The van der Waals surface area contributed by atoms with Gasteiger partial charge in [-0.2, -0.15) is 5.10 Å². The smallest absolute Gasteiger partial charge is 0.227 e. The van der Waals surface area contributed by atoms with Crippen molar-refractivity contribution in [2.45, 2.75) is 25.1 Å². The van der Waals surface area contributed by atoms with Gasteiger partial charge in [0.25, 0.3) is 0 Å². The molecule has 1 aliphatic heterocycles. The van der Waals surface area contributed by atoms with Gasteiger partial charge in [0.1, 0.15) is 12.7 Å². The SMILES string of the molecule is O=C(Nc1cccc(Cn2cncn2)c1)C1CCN(S(=O)(=O)Cc2ccccc2)CC1. The Morgan fingerprint density at radius 1 is 1.03 bits per heavy atom. The summed E-state index contributed by atoms with van der Waals surface area (Å²) in [6.45, 7) is 1.29. The van der Waals surface area contributed by atoms with Crippen molar-refractivity contribution in [2.24, 2.45) is 5.92 Å². The lowest BCUT2D eigenvalue weighted by molar-refractivity contribution is -0.120. The summed E-state index contributed by atoms with van der Waals surface area (Å²) in [6, 6.07) is 16.8. The van der Waals surface area contributed by atoms with Gasteiger partial charge < -0.3 is 5.32 Å². The van der Waals surface area contributed by atoms with Gasteiger partial charge in [0.15, 0.2) is 0 Å². The molecule has 2 heterocycles. The van der Waals surface area contributed by atoms with Crippen LogP contribution in [-0.2, 0) is 27.1 Å². The molecule has 1 amide bonds. The summed E-state index contributed by atoms with van der Waals surface area (Å²) < 4.78 is 28.6. The van der Waals surface area contributed by atoms with Crippen LogP contribution in [0.1, 0.15) is 24.0 Å². The van der Waals surface area contributed by atoms with Crippen LogP contribution in [-0.4, -0.2) is 46.5 Å². The largest absolute Gasteiger partial charge is 0.326 e. The van der Waals surface area contributed by atoms with Gasteiger partial charge in [-0.1, -0.05) is 42.5 Å². The van der Waals surface area contributed by atoms with Gasteiger partial charge in [0.2, 0.25) is 15.9 Å². The van der Waals surface area contributed by atoms with Gasteiger partial charge in [0.05, 0.1) is 12.3 Å². The molecular weight excluding hydrogens is 414 g/mol. The van der Waals surface area contributed by atoms with Crippen LogP contribution < -0.4 is 5.32 Å². The van der Waals surface area contributed by atoms with Gasteiger partial charge in [-0.3, -0.25) is 4.79 Å². The Labute approximate surface area is 182 Å². The lowest BCUT2D eigenvalue weighted by atomic mass is 9.97. The third-order valence-corrected chi connectivity index (χ3v) is 7.27. The van der Waals surface area contributed by atoms with Crippen LogP contribution in [0.15, 0.2) is 67.3 Å². The summed E-state index contributed by atoms with van der Waals surface area (Å²) in [7, 11) is -3.39. The summed E-state index contributed by atoms with van der Waals surface area (Å²) in [5, 5.41) is 7.07. The second-order valence-corrected chi connectivity index (χ2v) is 9.67. The minimum atomic E-state index is -3.39. The Morgan fingerprint density at radius 2 is 1.77 bits per heavy atom. The molecule has 0 radical (unpaired) electrons. The van der Waals surface area contributed by atoms with E-state index in [4.69, 9.17) is 0 Å². The summed E-state index contributed by atoms with van der Waals surface area (Å²) in [4.78, 5) is 16.7. The molecule has 0 aliphatic carbocycles. The van der Waals surface area contributed by atoms with Crippen molar-refractivity contribution < 1.29 is 13.2 Å². The van der Waals surface area contributed by atoms with E-state index >= 15 is 0 Å². The first-order valence-electron chi connectivity index (χ1n) is 10.2. The lowest BCUT2D eigenvalue weighted by Gasteiger charge is -2.30. The first-order valence-corrected chi connectivity index (χ1v) is 11.8. The monoisotopic (exact) mass is 439 g/mol. The molecular formula is C22H25N5O3S. The summed E-state index contributed by atoms with van der Waals surface area (Å²) >= 11 is 0. The average Bonchev–Trinajstić information content (AvgIpc) is 3.27. The Hall–Kier alpha value is -3.04. The van der Waals surface area contributed by atoms with Crippen molar-refractivity contribution >= 4 is 21.6 Å². The molecule has 2 aromatic carbocycles. The lowest BCUT2D eigenvalue weighted by Crippen LogP contribution is -2.41. The highest BCUT2D eigenvalue weighted by atomic mass is 32.2. The molecule has 4 rings (SSSR count). The van der Waals surface area contributed by atoms with Gasteiger partial charge >= 0.3 is 0 Å². The van der Waals surface area contributed by atoms with E-state index in [-0.39, 0.29) is 17.6 Å². The van der Waals surface area contributed by atoms with Crippen LogP contribution in [0.5, 0.6) is 0 Å². The third kappa shape index (κ3) is 5.56. The van der Waals surface area contributed by atoms with Crippen molar-refractivity contribution in [3.63, 3.8) is 0 Å². The molecule has 31 heavy (non-hydrogen) atoms. The number of benzene rings is 2. The number of hydrogen-bond acceptors (Lipinski definition) is 5. The predicted molar refractivity (Wildman–Crippen MR) is 118 cm³/mol. The maximum absolute atomic E-state index is 12.7. The minimum absolute atomic E-state index is 0.0106. The van der Waals surface area contributed by atoms with E-state index in [1.165, 1.54) is 10.6 Å². The molecule has 0 unspecified atom stereocenters. The Morgan fingerprint density at radius 3 is 2.48 bits per heavy atom. The summed E-state index contributed by atoms with van der Waals surface area (Å²) in [5.74, 6) is -0.288. The number of carbonyl (C=O) groups is 1. The summed E-state index contributed by atoms with van der Waals surface area (Å²) in [5.41, 5.74) is 2.50. The maximum atomic E-state index is 12.7. The number of nitrogens with one attached hydrogen (secondary N) is 1. The number of nitrogens with zero attached hydrogens (tertiary/aromatic N) is 4. The quantitative estimate of drug-likeness (QED) is 0.610. The normalized spacial score (nSPS) is 15.6. The first kappa shape index (κ1) is 21.2. The molecule has 1 N–H and O–H groups in total. The van der Waals surface area contributed by atoms with E-state index in [1.807, 2.05) is 54.6 Å². The van der Waals surface area contributed by atoms with Crippen molar-refractivity contribution in [3.05, 3.63) is 78.4 Å². The zero-order valence-corrected chi connectivity index (χ0v) is 17.9. The third-order valence-electron chi connectivity index (χ3n) is 5.42. The molecule has 1 saturated heterocycles. The fourth-order valence-electron chi connectivity index (χ4n) is 3.77. The second kappa shape index (κ2) is 9.40. The maximum Gasteiger partial charge on any atom is 0.227 e. The highest BCUT2D eigenvalue weighted by Crippen LogP contribution is 2.23. The van der Waals surface area contributed by atoms with E-state index in [2.05, 4.69) is 15.4 Å². The number of amides is 1. The predicted octanol–water partition coefficient (Wildman–Crippen LogP) is 2.51. The van der Waals surface area contributed by atoms with E-state index in [1.54, 1.807) is 11.0 Å². The number of hydrogen-bond donors (Lipinski definition) is 1. The minimum Gasteiger partial charge on any atom is -0.326 e. The Balaban J connectivity index is 1.31. The number of piperidine rings is 1. The van der Waals surface area contributed by atoms with Gasteiger partial charge in [0, 0.05) is 24.7 Å². The molecule has 8 nitrogen and oxygen atoms in total. The molecule has 162 valence electrons. The van der Waals surface area contributed by atoms with Crippen LogP contribution in [0, 0.1) is 5.92 Å². The van der Waals surface area contributed by atoms with E-state index in [0.717, 1.165) is 16.8 Å². The fraction of sp³-hybridized carbons (Fsp3) is 0.318. The standard InChI is InChI=1S/C22H25N5O3S/c28-22(25-21-8-4-7-19(13-21)14-26-17-23-16-24-26)20-9-11-27(12-10-20)31(29,30)15-18-5-2-1-3-6-18/h1-8,13,16-17,20H,9-12,14-15H2,(H,25,28). The number of sulfonamides is 1. The summed E-state index contributed by atoms with van der Waals surface area (Å²) in [6.07, 6.45) is 4.15. The van der Waals surface area contributed by atoms with Crippen LogP contribution >= 0.6 is 0 Å². The molecule has 9 heteroatoms. The molecule has 3 aromatic rings. The molecule has 0 saturated carbocycles. The van der Waals surface area contributed by atoms with Crippen molar-refractivity contribution in [2.75, 3.05) is 18.4 Å². The number of aromatic nitrogens is 3. The number of carbonyl (C=O) groups excluding carboxylic acids is 1. The molecule has 0 bridgehead atoms. The van der Waals surface area contributed by atoms with Crippen LogP contribution in [0.25, 0.3) is 0 Å². The first-order chi connectivity index (χ1) is 15.0. The van der Waals surface area contributed by atoms with Crippen LogP contribution in [0.3, 0.4) is 0 Å². The van der Waals surface area contributed by atoms with Crippen molar-refractivity contribution in [1.82, 2.24) is 19.1 Å². The Bertz CT molecular complexity index is 1110. The zero-order chi connectivity index (χ0) is 21.7. The van der Waals surface area contributed by atoms with Gasteiger partial charge in [-0.25, -0.2) is 22.4 Å². The van der Waals surface area contributed by atoms with E-state index in [0.29, 0.717) is 32.5 Å². The second-order valence-electron chi connectivity index (χ2n) is 7.70. The highest BCUT2D eigenvalue weighted by molar-refractivity contribution is 7.88. The topological polar surface area (TPSA) is 97.2 Å². The van der Waals surface area contributed by atoms with Crippen molar-refractivity contribution in [3.8, 4) is 0 Å². The fourth-order valence-corrected chi connectivity index (χ4v) is 5.33. The zero-order valence-electron chi connectivity index (χ0n) is 17.1. The van der Waals surface area contributed by atoms with Crippen LogP contribution in [0.2, 0.25) is 0 Å². The van der Waals surface area contributed by atoms with Crippen molar-refractivity contribution in [1.29, 1.82) is 0 Å². The molecule has 1 fully saturated rings. The number of rotatable bonds is 7. The van der Waals surface area contributed by atoms with Gasteiger partial charge in [-0.05, 0) is 36.1 Å². The average molecular weight is 440 g/mol. The number of anilines is 1. The molecule has 1 aromatic heterocycles. The Kier molecular flexibility index (Phi) is 6.43. The van der Waals surface area contributed by atoms with E-state index in [9.17, 15) is 13.2 Å². The molecule has 0 spiro atoms. The molecule has 0 atom stereocenters. The van der Waals surface area contributed by atoms with Crippen LogP contribution in [0.4, 0.5) is 5.69 Å². The van der Waals surface area contributed by atoms with E-state index < -0.39 is 10.0 Å².